The average molecular weight is 252 g/mol. The predicted octanol–water partition coefficient (Wildman–Crippen LogP) is 3.16. The van der Waals surface area contributed by atoms with Gasteiger partial charge in [-0.25, -0.2) is 0 Å². The van der Waals surface area contributed by atoms with Crippen LogP contribution in [0.5, 0.6) is 11.5 Å². The fourth-order valence-electron chi connectivity index (χ4n) is 1.84. The Hall–Kier alpha value is -2.31. The third-order valence-corrected chi connectivity index (χ3v) is 2.84. The molecule has 3 heteroatoms. The second kappa shape index (κ2) is 6.03. The van der Waals surface area contributed by atoms with Crippen molar-refractivity contribution in [2.75, 3.05) is 6.54 Å². The fraction of sp³-hybridized carbons (Fsp3) is 0.188. The Morgan fingerprint density at radius 1 is 1.16 bits per heavy atom. The highest BCUT2D eigenvalue weighted by molar-refractivity contribution is 5.47. The topological polar surface area (TPSA) is 59.0 Å². The number of hydrogen-bond acceptors (Lipinski definition) is 3. The second-order valence-corrected chi connectivity index (χ2v) is 4.40. The van der Waals surface area contributed by atoms with Gasteiger partial charge >= 0.3 is 0 Å². The SMILES string of the molecule is Cc1ccc(Oc2ccc(CCN)cc2)c(C#N)c1. The first-order chi connectivity index (χ1) is 9.22. The third kappa shape index (κ3) is 3.34. The lowest BCUT2D eigenvalue weighted by molar-refractivity contribution is 0.480. The predicted molar refractivity (Wildman–Crippen MR) is 75.2 cm³/mol. The molecule has 2 N–H and O–H groups in total. The Kier molecular flexibility index (Phi) is 4.17. The van der Waals surface area contributed by atoms with Crippen LogP contribution in [0.3, 0.4) is 0 Å². The second-order valence-electron chi connectivity index (χ2n) is 4.40. The molecular formula is C16H16N2O. The molecule has 0 unspecified atom stereocenters. The number of nitrogens with zero attached hydrogens (tertiary/aromatic N) is 1. The van der Waals surface area contributed by atoms with Crippen molar-refractivity contribution in [1.29, 1.82) is 5.26 Å². The van der Waals surface area contributed by atoms with E-state index >= 15 is 0 Å². The van der Waals surface area contributed by atoms with Crippen LogP contribution >= 0.6 is 0 Å². The molecule has 96 valence electrons. The summed E-state index contributed by atoms with van der Waals surface area (Å²) in [5, 5.41) is 9.09. The molecule has 0 aliphatic carbocycles. The molecule has 19 heavy (non-hydrogen) atoms. The summed E-state index contributed by atoms with van der Waals surface area (Å²) in [6.07, 6.45) is 0.855. The van der Waals surface area contributed by atoms with Crippen LogP contribution in [0.4, 0.5) is 0 Å². The molecular weight excluding hydrogens is 236 g/mol. The number of benzene rings is 2. The maximum absolute atomic E-state index is 9.09. The Morgan fingerprint density at radius 3 is 2.53 bits per heavy atom. The van der Waals surface area contributed by atoms with E-state index in [2.05, 4.69) is 6.07 Å². The van der Waals surface area contributed by atoms with E-state index < -0.39 is 0 Å². The minimum atomic E-state index is 0.547. The van der Waals surface area contributed by atoms with Crippen LogP contribution < -0.4 is 10.5 Å². The zero-order valence-electron chi connectivity index (χ0n) is 10.9. The normalized spacial score (nSPS) is 9.95. The highest BCUT2D eigenvalue weighted by Gasteiger charge is 2.04. The molecule has 0 saturated heterocycles. The van der Waals surface area contributed by atoms with E-state index in [4.69, 9.17) is 15.7 Å². The van der Waals surface area contributed by atoms with E-state index in [1.54, 1.807) is 0 Å². The van der Waals surface area contributed by atoms with E-state index in [-0.39, 0.29) is 0 Å². The monoisotopic (exact) mass is 252 g/mol. The molecule has 0 atom stereocenters. The van der Waals surface area contributed by atoms with E-state index in [0.29, 0.717) is 17.9 Å². The molecule has 0 fully saturated rings. The molecule has 0 spiro atoms. The number of nitrogens with two attached hydrogens (primary N) is 1. The third-order valence-electron chi connectivity index (χ3n) is 2.84. The Bertz CT molecular complexity index is 597. The number of rotatable bonds is 4. The van der Waals surface area contributed by atoms with Gasteiger partial charge in [-0.05, 0) is 55.3 Å². The van der Waals surface area contributed by atoms with Crippen LogP contribution in [-0.4, -0.2) is 6.54 Å². The molecule has 0 aliphatic rings. The molecule has 3 nitrogen and oxygen atoms in total. The molecule has 0 aromatic heterocycles. The van der Waals surface area contributed by atoms with Crippen molar-refractivity contribution in [3.63, 3.8) is 0 Å². The summed E-state index contributed by atoms with van der Waals surface area (Å²) in [5.74, 6) is 1.31. The number of hydrogen-bond donors (Lipinski definition) is 1. The van der Waals surface area contributed by atoms with Gasteiger partial charge < -0.3 is 10.5 Å². The Labute approximate surface area is 113 Å². The molecule has 0 radical (unpaired) electrons. The maximum atomic E-state index is 9.09. The van der Waals surface area contributed by atoms with Gasteiger partial charge in [0.05, 0.1) is 5.56 Å². The molecule has 2 rings (SSSR count). The van der Waals surface area contributed by atoms with Crippen molar-refractivity contribution in [1.82, 2.24) is 0 Å². The van der Waals surface area contributed by atoms with Gasteiger partial charge in [0.2, 0.25) is 0 Å². The molecule has 0 aliphatic heterocycles. The van der Waals surface area contributed by atoms with Crippen LogP contribution in [0, 0.1) is 18.3 Å². The van der Waals surface area contributed by atoms with Gasteiger partial charge in [0.25, 0.3) is 0 Å². The highest BCUT2D eigenvalue weighted by Crippen LogP contribution is 2.26. The summed E-state index contributed by atoms with van der Waals surface area (Å²) in [4.78, 5) is 0. The van der Waals surface area contributed by atoms with Crippen molar-refractivity contribution >= 4 is 0 Å². The quantitative estimate of drug-likeness (QED) is 0.909. The first-order valence-corrected chi connectivity index (χ1v) is 6.20. The lowest BCUT2D eigenvalue weighted by Crippen LogP contribution is -2.02. The van der Waals surface area contributed by atoms with Crippen molar-refractivity contribution in [3.8, 4) is 17.6 Å². The van der Waals surface area contributed by atoms with E-state index in [0.717, 1.165) is 17.7 Å². The first kappa shape index (κ1) is 13.1. The van der Waals surface area contributed by atoms with Gasteiger partial charge in [-0.15, -0.1) is 0 Å². The van der Waals surface area contributed by atoms with Crippen LogP contribution in [0.15, 0.2) is 42.5 Å². The maximum Gasteiger partial charge on any atom is 0.145 e. The minimum absolute atomic E-state index is 0.547. The summed E-state index contributed by atoms with van der Waals surface area (Å²) in [6, 6.07) is 15.5. The summed E-state index contributed by atoms with van der Waals surface area (Å²) in [7, 11) is 0. The number of nitriles is 1. The van der Waals surface area contributed by atoms with Crippen LogP contribution in [0.25, 0.3) is 0 Å². The Morgan fingerprint density at radius 2 is 1.89 bits per heavy atom. The van der Waals surface area contributed by atoms with Gasteiger partial charge in [-0.2, -0.15) is 5.26 Å². The number of ether oxygens (including phenoxy) is 1. The van der Waals surface area contributed by atoms with Crippen LogP contribution in [0.2, 0.25) is 0 Å². The summed E-state index contributed by atoms with van der Waals surface area (Å²) >= 11 is 0. The van der Waals surface area contributed by atoms with E-state index in [1.807, 2.05) is 49.4 Å². The zero-order chi connectivity index (χ0) is 13.7. The lowest BCUT2D eigenvalue weighted by atomic mass is 10.1. The lowest BCUT2D eigenvalue weighted by Gasteiger charge is -2.08. The van der Waals surface area contributed by atoms with Gasteiger partial charge in [-0.3, -0.25) is 0 Å². The zero-order valence-corrected chi connectivity index (χ0v) is 10.9. The molecule has 0 amide bonds. The average Bonchev–Trinajstić information content (AvgIpc) is 2.43. The van der Waals surface area contributed by atoms with Crippen molar-refractivity contribution in [2.45, 2.75) is 13.3 Å². The smallest absolute Gasteiger partial charge is 0.145 e. The highest BCUT2D eigenvalue weighted by atomic mass is 16.5. The van der Waals surface area contributed by atoms with Crippen LogP contribution in [-0.2, 0) is 6.42 Å². The minimum Gasteiger partial charge on any atom is -0.456 e. The standard InChI is InChI=1S/C16H16N2O/c1-12-2-7-16(14(10-12)11-18)19-15-5-3-13(4-6-15)8-9-17/h2-7,10H,8-9,17H2,1H3. The largest absolute Gasteiger partial charge is 0.456 e. The van der Waals surface area contributed by atoms with Crippen molar-refractivity contribution in [2.24, 2.45) is 5.73 Å². The van der Waals surface area contributed by atoms with Gasteiger partial charge in [0, 0.05) is 0 Å². The van der Waals surface area contributed by atoms with Crippen LogP contribution in [0.1, 0.15) is 16.7 Å². The Balaban J connectivity index is 2.19. The van der Waals surface area contributed by atoms with Gasteiger partial charge in [0.15, 0.2) is 0 Å². The summed E-state index contributed by atoms with van der Waals surface area (Å²) in [6.45, 7) is 2.59. The van der Waals surface area contributed by atoms with Gasteiger partial charge in [-0.1, -0.05) is 18.2 Å². The molecule has 0 bridgehead atoms. The van der Waals surface area contributed by atoms with E-state index in [9.17, 15) is 0 Å². The molecule has 2 aromatic carbocycles. The fourth-order valence-corrected chi connectivity index (χ4v) is 1.84. The van der Waals surface area contributed by atoms with Crippen molar-refractivity contribution in [3.05, 3.63) is 59.2 Å². The van der Waals surface area contributed by atoms with Gasteiger partial charge in [0.1, 0.15) is 17.6 Å². The van der Waals surface area contributed by atoms with E-state index in [1.165, 1.54) is 5.56 Å². The number of aryl methyl sites for hydroxylation is 1. The van der Waals surface area contributed by atoms with Crippen molar-refractivity contribution < 1.29 is 4.74 Å². The molecule has 2 aromatic rings. The first-order valence-electron chi connectivity index (χ1n) is 6.20. The molecule has 0 heterocycles. The summed E-state index contributed by atoms with van der Waals surface area (Å²) < 4.78 is 5.73. The molecule has 0 saturated carbocycles. The summed E-state index contributed by atoms with van der Waals surface area (Å²) in [5.41, 5.74) is 8.28.